The molecule has 1 aliphatic rings. The van der Waals surface area contributed by atoms with Crippen molar-refractivity contribution in [2.45, 2.75) is 0 Å². The topological polar surface area (TPSA) is 73.9 Å². The van der Waals surface area contributed by atoms with Crippen LogP contribution in [0.2, 0.25) is 5.02 Å². The first kappa shape index (κ1) is 20.2. The molecule has 1 aromatic carbocycles. The van der Waals surface area contributed by atoms with Crippen molar-refractivity contribution >= 4 is 29.1 Å². The molecule has 7 nitrogen and oxygen atoms in total. The van der Waals surface area contributed by atoms with Gasteiger partial charge in [0.15, 0.2) is 0 Å². The number of nitrogens with zero attached hydrogens (tertiary/aromatic N) is 2. The van der Waals surface area contributed by atoms with Gasteiger partial charge in [-0.05, 0) is 18.2 Å². The Hall–Kier alpha value is -2.09. The minimum Gasteiger partial charge on any atom is -0.495 e. The van der Waals surface area contributed by atoms with E-state index in [-0.39, 0.29) is 11.8 Å². The first-order valence-corrected chi connectivity index (χ1v) is 8.85. The molecule has 0 spiro atoms. The molecule has 1 saturated heterocycles. The molecule has 0 aromatic heterocycles. The summed E-state index contributed by atoms with van der Waals surface area (Å²) < 4.78 is 5.09. The highest BCUT2D eigenvalue weighted by Gasteiger charge is 2.20. The Balaban J connectivity index is 1.73. The number of halogens is 1. The van der Waals surface area contributed by atoms with Crippen LogP contribution in [0.1, 0.15) is 0 Å². The number of carbonyl (C=O) groups is 2. The number of rotatable bonds is 8. The summed E-state index contributed by atoms with van der Waals surface area (Å²) >= 11 is 6.06. The molecule has 0 atom stereocenters. The van der Waals surface area contributed by atoms with Crippen LogP contribution in [0.4, 0.5) is 5.69 Å². The van der Waals surface area contributed by atoms with Crippen LogP contribution in [-0.2, 0) is 9.59 Å². The van der Waals surface area contributed by atoms with Gasteiger partial charge in [-0.25, -0.2) is 0 Å². The molecule has 1 aromatic rings. The first-order valence-electron chi connectivity index (χ1n) is 8.47. The summed E-state index contributed by atoms with van der Waals surface area (Å²) in [6.45, 7) is 7.72. The van der Waals surface area contributed by atoms with Crippen LogP contribution in [0, 0.1) is 0 Å². The Morgan fingerprint density at radius 3 is 2.35 bits per heavy atom. The summed E-state index contributed by atoms with van der Waals surface area (Å²) in [5.41, 5.74) is 0.637. The lowest BCUT2D eigenvalue weighted by atomic mass is 10.2. The number of piperazine rings is 1. The molecule has 2 rings (SSSR count). The van der Waals surface area contributed by atoms with E-state index in [2.05, 4.69) is 27.0 Å². The van der Waals surface area contributed by atoms with E-state index in [9.17, 15) is 9.59 Å². The zero-order valence-corrected chi connectivity index (χ0v) is 15.7. The van der Waals surface area contributed by atoms with E-state index in [1.807, 2.05) is 0 Å². The minimum atomic E-state index is -0.0941. The highest BCUT2D eigenvalue weighted by molar-refractivity contribution is 6.32. The van der Waals surface area contributed by atoms with Crippen molar-refractivity contribution in [1.29, 1.82) is 0 Å². The average molecular weight is 381 g/mol. The van der Waals surface area contributed by atoms with E-state index >= 15 is 0 Å². The van der Waals surface area contributed by atoms with E-state index in [1.165, 1.54) is 0 Å². The molecule has 1 heterocycles. The summed E-state index contributed by atoms with van der Waals surface area (Å²) in [4.78, 5) is 28.1. The number of amides is 2. The SMILES string of the molecule is C=CCNC(=O)CN1CCN(CC(=O)Nc2ccc(OC)c(Cl)c2)CC1. The number of benzene rings is 1. The van der Waals surface area contributed by atoms with E-state index in [4.69, 9.17) is 16.3 Å². The number of carbonyl (C=O) groups excluding carboxylic acids is 2. The summed E-state index contributed by atoms with van der Waals surface area (Å²) in [6, 6.07) is 5.13. The molecular formula is C18H25ClN4O3. The zero-order valence-electron chi connectivity index (χ0n) is 15.0. The molecule has 8 heteroatoms. The predicted octanol–water partition coefficient (Wildman–Crippen LogP) is 1.21. The van der Waals surface area contributed by atoms with Gasteiger partial charge in [-0.3, -0.25) is 19.4 Å². The molecule has 1 aliphatic heterocycles. The van der Waals surface area contributed by atoms with Crippen LogP contribution >= 0.6 is 11.6 Å². The Labute approximate surface area is 158 Å². The minimum absolute atomic E-state index is 0.00697. The summed E-state index contributed by atoms with van der Waals surface area (Å²) in [6.07, 6.45) is 1.66. The summed E-state index contributed by atoms with van der Waals surface area (Å²) in [5, 5.41) is 6.06. The Kier molecular flexibility index (Phi) is 7.90. The van der Waals surface area contributed by atoms with Crippen LogP contribution in [-0.4, -0.2) is 74.5 Å². The maximum atomic E-state index is 12.2. The molecule has 0 saturated carbocycles. The fourth-order valence-corrected chi connectivity index (χ4v) is 2.96. The maximum Gasteiger partial charge on any atom is 0.238 e. The second-order valence-electron chi connectivity index (χ2n) is 6.04. The lowest BCUT2D eigenvalue weighted by molar-refractivity contribution is -0.123. The van der Waals surface area contributed by atoms with E-state index < -0.39 is 0 Å². The molecule has 142 valence electrons. The molecule has 2 amide bonds. The third-order valence-electron chi connectivity index (χ3n) is 4.08. The lowest BCUT2D eigenvalue weighted by Gasteiger charge is -2.33. The largest absolute Gasteiger partial charge is 0.495 e. The van der Waals surface area contributed by atoms with Crippen LogP contribution in [0.5, 0.6) is 5.75 Å². The second-order valence-corrected chi connectivity index (χ2v) is 6.45. The molecule has 0 unspecified atom stereocenters. The van der Waals surface area contributed by atoms with Gasteiger partial charge < -0.3 is 15.4 Å². The average Bonchev–Trinajstić information content (AvgIpc) is 2.62. The van der Waals surface area contributed by atoms with Crippen molar-refractivity contribution in [3.63, 3.8) is 0 Å². The maximum absolute atomic E-state index is 12.2. The fraction of sp³-hybridized carbons (Fsp3) is 0.444. The van der Waals surface area contributed by atoms with Gasteiger partial charge in [0.2, 0.25) is 11.8 Å². The van der Waals surface area contributed by atoms with Crippen molar-refractivity contribution in [2.24, 2.45) is 0 Å². The van der Waals surface area contributed by atoms with Gasteiger partial charge in [-0.2, -0.15) is 0 Å². The van der Waals surface area contributed by atoms with Crippen LogP contribution in [0.15, 0.2) is 30.9 Å². The first-order chi connectivity index (χ1) is 12.5. The predicted molar refractivity (Wildman–Crippen MR) is 103 cm³/mol. The van der Waals surface area contributed by atoms with Crippen LogP contribution in [0.3, 0.4) is 0 Å². The molecule has 0 bridgehead atoms. The highest BCUT2D eigenvalue weighted by Crippen LogP contribution is 2.27. The van der Waals surface area contributed by atoms with Gasteiger partial charge in [0, 0.05) is 38.4 Å². The van der Waals surface area contributed by atoms with Crippen molar-refractivity contribution < 1.29 is 14.3 Å². The molecular weight excluding hydrogens is 356 g/mol. The van der Waals surface area contributed by atoms with Crippen molar-refractivity contribution in [3.8, 4) is 5.75 Å². The number of hydrogen-bond donors (Lipinski definition) is 2. The van der Waals surface area contributed by atoms with E-state index in [0.29, 0.717) is 36.1 Å². The molecule has 2 N–H and O–H groups in total. The number of methoxy groups -OCH3 is 1. The van der Waals surface area contributed by atoms with Crippen molar-refractivity contribution in [3.05, 3.63) is 35.9 Å². The van der Waals surface area contributed by atoms with Gasteiger partial charge >= 0.3 is 0 Å². The van der Waals surface area contributed by atoms with Gasteiger partial charge in [0.25, 0.3) is 0 Å². The molecule has 1 fully saturated rings. The number of ether oxygens (including phenoxy) is 1. The summed E-state index contributed by atoms with van der Waals surface area (Å²) in [5.74, 6) is 0.466. The third-order valence-corrected chi connectivity index (χ3v) is 4.37. The van der Waals surface area contributed by atoms with Gasteiger partial charge in [-0.1, -0.05) is 17.7 Å². The van der Waals surface area contributed by atoms with E-state index in [0.717, 1.165) is 26.2 Å². The van der Waals surface area contributed by atoms with Crippen LogP contribution < -0.4 is 15.4 Å². The molecule has 26 heavy (non-hydrogen) atoms. The molecule has 0 radical (unpaired) electrons. The number of nitrogens with one attached hydrogen (secondary N) is 2. The van der Waals surface area contributed by atoms with Crippen molar-refractivity contribution in [2.75, 3.05) is 58.2 Å². The quantitative estimate of drug-likeness (QED) is 0.663. The standard InChI is InChI=1S/C18H25ClN4O3/c1-3-6-20-17(24)12-22-7-9-23(10-8-22)13-18(25)21-14-4-5-16(26-2)15(19)11-14/h3-5,11H,1,6-10,12-13H2,2H3,(H,20,24)(H,21,25). The smallest absolute Gasteiger partial charge is 0.238 e. The normalized spacial score (nSPS) is 15.3. The van der Waals surface area contributed by atoms with Crippen LogP contribution in [0.25, 0.3) is 0 Å². The fourth-order valence-electron chi connectivity index (χ4n) is 2.70. The van der Waals surface area contributed by atoms with Gasteiger partial charge in [0.1, 0.15) is 5.75 Å². The zero-order chi connectivity index (χ0) is 18.9. The Bertz CT molecular complexity index is 645. The molecule has 0 aliphatic carbocycles. The highest BCUT2D eigenvalue weighted by atomic mass is 35.5. The van der Waals surface area contributed by atoms with Crippen molar-refractivity contribution in [1.82, 2.24) is 15.1 Å². The Morgan fingerprint density at radius 1 is 1.19 bits per heavy atom. The second kappa shape index (κ2) is 10.2. The number of anilines is 1. The Morgan fingerprint density at radius 2 is 1.81 bits per heavy atom. The third kappa shape index (κ3) is 6.33. The van der Waals surface area contributed by atoms with E-state index in [1.54, 1.807) is 31.4 Å². The summed E-state index contributed by atoms with van der Waals surface area (Å²) in [7, 11) is 1.54. The van der Waals surface area contributed by atoms with Gasteiger partial charge in [0.05, 0.1) is 25.2 Å². The monoisotopic (exact) mass is 380 g/mol. The number of hydrogen-bond acceptors (Lipinski definition) is 5. The van der Waals surface area contributed by atoms with Gasteiger partial charge in [-0.15, -0.1) is 6.58 Å². The lowest BCUT2D eigenvalue weighted by Crippen LogP contribution is -2.51.